The highest BCUT2D eigenvalue weighted by Gasteiger charge is 2.18. The fraction of sp³-hybridized carbons (Fsp3) is 0.217. The number of nitrogens with zero attached hydrogens (tertiary/aromatic N) is 4. The summed E-state index contributed by atoms with van der Waals surface area (Å²) in [5, 5.41) is 26.2. The molecule has 0 amide bonds. The van der Waals surface area contributed by atoms with Crippen LogP contribution in [-0.2, 0) is 9.84 Å². The van der Waals surface area contributed by atoms with Gasteiger partial charge in [0, 0.05) is 18.1 Å². The van der Waals surface area contributed by atoms with E-state index in [4.69, 9.17) is 0 Å². The predicted molar refractivity (Wildman–Crippen MR) is 133 cm³/mol. The van der Waals surface area contributed by atoms with E-state index < -0.39 is 15.9 Å². The lowest BCUT2D eigenvalue weighted by atomic mass is 10.1. The molecule has 0 bridgehead atoms. The Morgan fingerprint density at radius 3 is 2.47 bits per heavy atom. The fourth-order valence-electron chi connectivity index (χ4n) is 3.47. The molecule has 0 unspecified atom stereocenters. The van der Waals surface area contributed by atoms with Crippen molar-refractivity contribution >= 4 is 38.6 Å². The molecule has 176 valence electrons. The summed E-state index contributed by atoms with van der Waals surface area (Å²) in [6.07, 6.45) is 2.83. The summed E-state index contributed by atoms with van der Waals surface area (Å²) in [7, 11) is -3.31. The van der Waals surface area contributed by atoms with E-state index in [1.54, 1.807) is 31.3 Å². The van der Waals surface area contributed by atoms with Crippen molar-refractivity contribution in [1.29, 1.82) is 0 Å². The van der Waals surface area contributed by atoms with Crippen molar-refractivity contribution in [1.82, 2.24) is 20.2 Å². The van der Waals surface area contributed by atoms with Gasteiger partial charge >= 0.3 is 0 Å². The molecule has 2 aromatic heterocycles. The van der Waals surface area contributed by atoms with Gasteiger partial charge in [-0.2, -0.15) is 4.98 Å². The Balaban J connectivity index is 1.69. The third kappa shape index (κ3) is 5.38. The number of hydrogen-bond acceptors (Lipinski definition) is 10. The maximum absolute atomic E-state index is 11.9. The molecule has 2 aromatic carbocycles. The second-order valence-corrected chi connectivity index (χ2v) is 10.9. The summed E-state index contributed by atoms with van der Waals surface area (Å²) >= 11 is 1.42. The molecule has 2 heterocycles. The van der Waals surface area contributed by atoms with Gasteiger partial charge in [0.15, 0.2) is 14.8 Å². The lowest BCUT2D eigenvalue weighted by Gasteiger charge is -2.19. The van der Waals surface area contributed by atoms with Gasteiger partial charge in [-0.15, -0.1) is 10.2 Å². The first-order valence-electron chi connectivity index (χ1n) is 10.4. The van der Waals surface area contributed by atoms with E-state index in [1.165, 1.54) is 17.6 Å². The molecule has 0 radical (unpaired) electrons. The van der Waals surface area contributed by atoms with E-state index in [0.29, 0.717) is 33.6 Å². The molecule has 0 saturated carbocycles. The zero-order valence-electron chi connectivity index (χ0n) is 18.8. The Labute approximate surface area is 201 Å². The predicted octanol–water partition coefficient (Wildman–Crippen LogP) is 3.90. The third-order valence-electron chi connectivity index (χ3n) is 5.07. The van der Waals surface area contributed by atoms with Gasteiger partial charge < -0.3 is 15.7 Å². The normalized spacial score (nSPS) is 12.4. The van der Waals surface area contributed by atoms with Crippen LogP contribution in [0.2, 0.25) is 0 Å². The molecule has 0 aliphatic heterocycles. The van der Waals surface area contributed by atoms with Crippen molar-refractivity contribution in [2.45, 2.75) is 24.8 Å². The molecule has 0 fully saturated rings. The number of hydrogen-bond donors (Lipinski definition) is 3. The molecular formula is C23H24N6O3S2. The summed E-state index contributed by atoms with van der Waals surface area (Å²) < 4.78 is 23.8. The molecule has 0 aliphatic rings. The Morgan fingerprint density at radius 2 is 1.85 bits per heavy atom. The van der Waals surface area contributed by atoms with Crippen LogP contribution in [0.1, 0.15) is 22.2 Å². The molecule has 0 saturated heterocycles. The van der Waals surface area contributed by atoms with Gasteiger partial charge in [0.25, 0.3) is 0 Å². The van der Waals surface area contributed by atoms with Crippen LogP contribution in [0.25, 0.3) is 10.6 Å². The molecule has 11 heteroatoms. The maximum atomic E-state index is 11.9. The van der Waals surface area contributed by atoms with E-state index in [-0.39, 0.29) is 11.5 Å². The lowest BCUT2D eigenvalue weighted by molar-refractivity contribution is 0.276. The summed E-state index contributed by atoms with van der Waals surface area (Å²) in [6.45, 7) is 3.47. The molecule has 4 rings (SSSR count). The minimum absolute atomic E-state index is 0.141. The Kier molecular flexibility index (Phi) is 6.87. The first-order valence-corrected chi connectivity index (χ1v) is 13.1. The van der Waals surface area contributed by atoms with Gasteiger partial charge in [-0.1, -0.05) is 41.7 Å². The van der Waals surface area contributed by atoms with Crippen LogP contribution >= 0.6 is 11.3 Å². The molecule has 0 spiro atoms. The van der Waals surface area contributed by atoms with Crippen molar-refractivity contribution in [2.75, 3.05) is 23.5 Å². The summed E-state index contributed by atoms with van der Waals surface area (Å²) in [5.41, 5.74) is 2.84. The van der Waals surface area contributed by atoms with Gasteiger partial charge in [0.1, 0.15) is 10.8 Å². The monoisotopic (exact) mass is 496 g/mol. The zero-order valence-corrected chi connectivity index (χ0v) is 20.5. The average molecular weight is 497 g/mol. The largest absolute Gasteiger partial charge is 0.394 e. The van der Waals surface area contributed by atoms with E-state index >= 15 is 0 Å². The molecular weight excluding hydrogens is 472 g/mol. The van der Waals surface area contributed by atoms with Crippen molar-refractivity contribution in [3.05, 3.63) is 70.9 Å². The van der Waals surface area contributed by atoms with Crippen LogP contribution in [0.3, 0.4) is 0 Å². The number of anilines is 3. The second-order valence-electron chi connectivity index (χ2n) is 7.75. The van der Waals surface area contributed by atoms with E-state index in [1.807, 2.05) is 37.3 Å². The molecule has 0 aliphatic carbocycles. The van der Waals surface area contributed by atoms with E-state index in [9.17, 15) is 13.5 Å². The van der Waals surface area contributed by atoms with Gasteiger partial charge in [-0.3, -0.25) is 0 Å². The molecule has 4 aromatic rings. The van der Waals surface area contributed by atoms with Gasteiger partial charge in [-0.25, -0.2) is 13.4 Å². The third-order valence-corrected chi connectivity index (χ3v) is 7.20. The van der Waals surface area contributed by atoms with Crippen LogP contribution in [0.5, 0.6) is 0 Å². The highest BCUT2D eigenvalue weighted by molar-refractivity contribution is 7.90. The zero-order chi connectivity index (χ0) is 24.3. The quantitative estimate of drug-likeness (QED) is 0.332. The lowest BCUT2D eigenvalue weighted by Crippen LogP contribution is -2.17. The van der Waals surface area contributed by atoms with Crippen molar-refractivity contribution < 1.29 is 13.5 Å². The molecule has 1 atom stereocenters. The molecule has 34 heavy (non-hydrogen) atoms. The first-order chi connectivity index (χ1) is 16.2. The van der Waals surface area contributed by atoms with Gasteiger partial charge in [0.2, 0.25) is 5.95 Å². The second kappa shape index (κ2) is 9.84. The maximum Gasteiger partial charge on any atom is 0.229 e. The number of aliphatic hydroxyl groups excluding tert-OH is 1. The minimum atomic E-state index is -3.31. The van der Waals surface area contributed by atoms with Crippen molar-refractivity contribution in [3.63, 3.8) is 0 Å². The summed E-state index contributed by atoms with van der Waals surface area (Å²) in [5.74, 6) is 0.796. The van der Waals surface area contributed by atoms with E-state index in [2.05, 4.69) is 30.8 Å². The molecule has 9 nitrogen and oxygen atoms in total. The van der Waals surface area contributed by atoms with Crippen LogP contribution in [-0.4, -0.2) is 46.6 Å². The van der Waals surface area contributed by atoms with Crippen LogP contribution < -0.4 is 10.6 Å². The standard InChI is InChI=1S/C23H24N6O3S2/c1-14-11-17(9-10-20(14)34(3,31)32)25-23-24-12-18(22-29-28-15(2)33-22)21(27-23)26-19(13-30)16-7-5-4-6-8-16/h4-12,19,30H,13H2,1-3H3,(H2,24,25,26,27)/t19-/m1/s1. The average Bonchev–Trinajstić information content (AvgIpc) is 3.23. The fourth-order valence-corrected chi connectivity index (χ4v) is 5.13. The topological polar surface area (TPSA) is 130 Å². The Bertz CT molecular complexity index is 1410. The number of rotatable bonds is 8. The van der Waals surface area contributed by atoms with Gasteiger partial charge in [-0.05, 0) is 43.2 Å². The van der Waals surface area contributed by atoms with Gasteiger partial charge in [0.05, 0.1) is 23.1 Å². The number of sulfone groups is 1. The van der Waals surface area contributed by atoms with E-state index in [0.717, 1.165) is 10.6 Å². The van der Waals surface area contributed by atoms with Crippen molar-refractivity contribution in [3.8, 4) is 10.6 Å². The van der Waals surface area contributed by atoms with Crippen molar-refractivity contribution in [2.24, 2.45) is 0 Å². The molecule has 3 N–H and O–H groups in total. The minimum Gasteiger partial charge on any atom is -0.394 e. The first kappa shape index (κ1) is 23.7. The summed E-state index contributed by atoms with van der Waals surface area (Å²) in [6, 6.07) is 14.1. The Hall–Kier alpha value is -3.41. The van der Waals surface area contributed by atoms with Crippen LogP contribution in [0.15, 0.2) is 59.6 Å². The number of aliphatic hydroxyl groups is 1. The summed E-state index contributed by atoms with van der Waals surface area (Å²) in [4.78, 5) is 9.34. The number of aromatic nitrogens is 4. The highest BCUT2D eigenvalue weighted by Crippen LogP contribution is 2.32. The smallest absolute Gasteiger partial charge is 0.229 e. The number of benzene rings is 2. The van der Waals surface area contributed by atoms with Crippen LogP contribution in [0, 0.1) is 13.8 Å². The van der Waals surface area contributed by atoms with Crippen LogP contribution in [0.4, 0.5) is 17.5 Å². The number of aryl methyl sites for hydroxylation is 2. The Morgan fingerprint density at radius 1 is 1.09 bits per heavy atom. The SMILES string of the molecule is Cc1nnc(-c2cnc(Nc3ccc(S(C)(=O)=O)c(C)c3)nc2N[C@H](CO)c2ccccc2)s1. The number of nitrogens with one attached hydrogen (secondary N) is 2. The highest BCUT2D eigenvalue weighted by atomic mass is 32.2.